The lowest BCUT2D eigenvalue weighted by molar-refractivity contribution is -0.129. The summed E-state index contributed by atoms with van der Waals surface area (Å²) in [4.78, 5) is 19.6. The topological polar surface area (TPSA) is 106 Å². The number of nitrogens with zero attached hydrogens (tertiary/aromatic N) is 2. The summed E-state index contributed by atoms with van der Waals surface area (Å²) in [5, 5.41) is 12.3. The Morgan fingerprint density at radius 1 is 1.23 bits per heavy atom. The minimum atomic E-state index is -0.505. The van der Waals surface area contributed by atoms with Crippen LogP contribution in [0.15, 0.2) is 36.7 Å². The van der Waals surface area contributed by atoms with Crippen LogP contribution in [0.4, 0.5) is 15.9 Å². The van der Waals surface area contributed by atoms with Crippen LogP contribution in [0.5, 0.6) is 11.5 Å². The van der Waals surface area contributed by atoms with E-state index in [0.717, 1.165) is 6.42 Å². The molecule has 8 nitrogen and oxygen atoms in total. The van der Waals surface area contributed by atoms with Crippen molar-refractivity contribution in [1.82, 2.24) is 15.4 Å². The van der Waals surface area contributed by atoms with Gasteiger partial charge in [-0.1, -0.05) is 11.6 Å². The van der Waals surface area contributed by atoms with Crippen LogP contribution in [0.1, 0.15) is 19.3 Å². The smallest absolute Gasteiger partial charge is 0.243 e. The van der Waals surface area contributed by atoms with Gasteiger partial charge in [-0.3, -0.25) is 10.0 Å². The van der Waals surface area contributed by atoms with E-state index in [-0.39, 0.29) is 11.4 Å². The van der Waals surface area contributed by atoms with Gasteiger partial charge in [0.15, 0.2) is 11.5 Å². The monoisotopic (exact) mass is 466 g/mol. The Kier molecular flexibility index (Phi) is 8.10. The van der Waals surface area contributed by atoms with Crippen molar-refractivity contribution in [2.24, 2.45) is 0 Å². The fraction of sp³-hybridized carbons (Fsp3) is 0.250. The van der Waals surface area contributed by atoms with Gasteiger partial charge in [-0.05, 0) is 37.1 Å². The molecule has 0 saturated carbocycles. The second kappa shape index (κ2) is 11.0. The molecule has 0 aliphatic rings. The Balaban J connectivity index is 1.74. The lowest BCUT2D eigenvalue weighted by atomic mass is 10.2. The number of rotatable bonds is 10. The van der Waals surface area contributed by atoms with Crippen molar-refractivity contribution in [3.05, 3.63) is 47.5 Å². The molecular formula is C20H20ClFN4O4S. The van der Waals surface area contributed by atoms with Crippen molar-refractivity contribution >= 4 is 52.0 Å². The van der Waals surface area contributed by atoms with Crippen LogP contribution in [0.2, 0.25) is 5.02 Å². The number of benzene rings is 2. The molecule has 3 N–H and O–H groups in total. The highest BCUT2D eigenvalue weighted by Gasteiger charge is 2.13. The second-order valence-corrected chi connectivity index (χ2v) is 7.61. The first-order chi connectivity index (χ1) is 15.0. The van der Waals surface area contributed by atoms with Crippen molar-refractivity contribution in [2.45, 2.75) is 19.3 Å². The maximum Gasteiger partial charge on any atom is 0.243 e. The highest BCUT2D eigenvalue weighted by molar-refractivity contribution is 7.95. The summed E-state index contributed by atoms with van der Waals surface area (Å²) in [7, 11) is 1.53. The number of halogens is 2. The largest absolute Gasteiger partial charge is 0.493 e. The Labute approximate surface area is 187 Å². The van der Waals surface area contributed by atoms with E-state index in [1.54, 1.807) is 23.7 Å². The number of nitrogens with one attached hydrogen (secondary N) is 2. The molecule has 0 spiro atoms. The molecule has 2 aromatic carbocycles. The lowest BCUT2D eigenvalue weighted by Crippen LogP contribution is -2.17. The highest BCUT2D eigenvalue weighted by atomic mass is 35.5. The Morgan fingerprint density at radius 2 is 2.06 bits per heavy atom. The van der Waals surface area contributed by atoms with Gasteiger partial charge in [0.05, 0.1) is 29.7 Å². The minimum absolute atomic E-state index is 0.00178. The fourth-order valence-corrected chi connectivity index (χ4v) is 3.55. The van der Waals surface area contributed by atoms with E-state index in [4.69, 9.17) is 25.7 Å². The summed E-state index contributed by atoms with van der Waals surface area (Å²) in [6.45, 7) is 0. The van der Waals surface area contributed by atoms with Gasteiger partial charge in [0, 0.05) is 29.3 Å². The SMILES string of the molecule is COc1cc2ncnc(Nc3ccc(F)c(Cl)c3)c2cc1OSCCCCC(=O)NO. The van der Waals surface area contributed by atoms with Gasteiger partial charge < -0.3 is 14.2 Å². The number of carbonyl (C=O) groups is 1. The van der Waals surface area contributed by atoms with Crippen molar-refractivity contribution < 1.29 is 23.3 Å². The summed E-state index contributed by atoms with van der Waals surface area (Å²) in [5.74, 6) is 1.22. The molecule has 0 aliphatic carbocycles. The number of unbranched alkanes of at least 4 members (excludes halogenated alkanes) is 1. The maximum atomic E-state index is 13.4. The predicted octanol–water partition coefficient (Wildman–Crippen LogP) is 4.88. The zero-order valence-corrected chi connectivity index (χ0v) is 18.1. The van der Waals surface area contributed by atoms with E-state index in [0.29, 0.717) is 46.1 Å². The van der Waals surface area contributed by atoms with Gasteiger partial charge in [0.1, 0.15) is 18.0 Å². The molecule has 3 aromatic rings. The molecule has 164 valence electrons. The normalized spacial score (nSPS) is 10.7. The van der Waals surface area contributed by atoms with Gasteiger partial charge in [-0.2, -0.15) is 0 Å². The van der Waals surface area contributed by atoms with E-state index >= 15 is 0 Å². The van der Waals surface area contributed by atoms with Crippen LogP contribution in [-0.2, 0) is 4.79 Å². The van der Waals surface area contributed by atoms with Crippen molar-refractivity contribution in [1.29, 1.82) is 0 Å². The van der Waals surface area contributed by atoms with Crippen molar-refractivity contribution in [3.8, 4) is 11.5 Å². The number of fused-ring (bicyclic) bond motifs is 1. The molecule has 31 heavy (non-hydrogen) atoms. The molecule has 0 unspecified atom stereocenters. The molecule has 1 aromatic heterocycles. The van der Waals surface area contributed by atoms with Crippen molar-refractivity contribution in [2.75, 3.05) is 18.2 Å². The Bertz CT molecular complexity index is 1070. The number of anilines is 2. The molecule has 11 heteroatoms. The average molecular weight is 467 g/mol. The molecule has 1 heterocycles. The molecule has 1 amide bonds. The molecule has 0 atom stereocenters. The van der Waals surface area contributed by atoms with Gasteiger partial charge in [0.25, 0.3) is 0 Å². The molecule has 3 rings (SSSR count). The first kappa shape index (κ1) is 22.9. The van der Waals surface area contributed by atoms with E-state index < -0.39 is 11.7 Å². The molecule has 0 aliphatic heterocycles. The summed E-state index contributed by atoms with van der Waals surface area (Å²) in [5.41, 5.74) is 2.81. The first-order valence-electron chi connectivity index (χ1n) is 9.29. The number of amides is 1. The summed E-state index contributed by atoms with van der Waals surface area (Å²) in [6, 6.07) is 7.79. The van der Waals surface area contributed by atoms with Crippen molar-refractivity contribution in [3.63, 3.8) is 0 Å². The number of carbonyl (C=O) groups excluding carboxylic acids is 1. The third kappa shape index (κ3) is 6.09. The predicted molar refractivity (Wildman–Crippen MR) is 118 cm³/mol. The van der Waals surface area contributed by atoms with Crippen LogP contribution in [0.25, 0.3) is 10.9 Å². The minimum Gasteiger partial charge on any atom is -0.493 e. The summed E-state index contributed by atoms with van der Waals surface area (Å²) in [6.07, 6.45) is 3.01. The average Bonchev–Trinajstić information content (AvgIpc) is 2.78. The van der Waals surface area contributed by atoms with E-state index in [2.05, 4.69) is 15.3 Å². The van der Waals surface area contributed by atoms with Crippen LogP contribution in [0.3, 0.4) is 0 Å². The first-order valence-corrected chi connectivity index (χ1v) is 10.6. The number of aromatic nitrogens is 2. The number of ether oxygens (including phenoxy) is 1. The van der Waals surface area contributed by atoms with Crippen LogP contribution in [-0.4, -0.2) is 33.9 Å². The Morgan fingerprint density at radius 3 is 2.81 bits per heavy atom. The maximum absolute atomic E-state index is 13.4. The van der Waals surface area contributed by atoms with Crippen LogP contribution in [0, 0.1) is 5.82 Å². The molecule has 0 bridgehead atoms. The van der Waals surface area contributed by atoms with Gasteiger partial charge in [-0.25, -0.2) is 19.8 Å². The third-order valence-corrected chi connectivity index (χ3v) is 5.30. The number of hydroxylamine groups is 1. The zero-order chi connectivity index (χ0) is 22.2. The number of hydrogen-bond donors (Lipinski definition) is 3. The van der Waals surface area contributed by atoms with Gasteiger partial charge >= 0.3 is 0 Å². The number of methoxy groups -OCH3 is 1. The van der Waals surface area contributed by atoms with E-state index in [9.17, 15) is 9.18 Å². The Hall–Kier alpha value is -2.82. The molecule has 0 radical (unpaired) electrons. The lowest BCUT2D eigenvalue weighted by Gasteiger charge is -2.13. The zero-order valence-electron chi connectivity index (χ0n) is 16.5. The van der Waals surface area contributed by atoms with Gasteiger partial charge in [0.2, 0.25) is 5.91 Å². The van der Waals surface area contributed by atoms with E-state index in [1.165, 1.54) is 37.6 Å². The fourth-order valence-electron chi connectivity index (χ4n) is 2.71. The molecule has 0 fully saturated rings. The quantitative estimate of drug-likeness (QED) is 0.168. The summed E-state index contributed by atoms with van der Waals surface area (Å²) < 4.78 is 24.6. The molecular weight excluding hydrogens is 447 g/mol. The molecule has 0 saturated heterocycles. The van der Waals surface area contributed by atoms with Gasteiger partial charge in [-0.15, -0.1) is 0 Å². The standard InChI is InChI=1S/C20H20ClFN4O4S/c1-29-17-10-16-13(9-18(17)30-31-7-3-2-4-19(27)26-28)20(24-11-23-16)25-12-5-6-15(22)14(21)8-12/h5-6,8-11,28H,2-4,7H2,1H3,(H,26,27)(H,23,24,25). The van der Waals surface area contributed by atoms with E-state index in [1.807, 2.05) is 0 Å². The van der Waals surface area contributed by atoms with Crippen LogP contribution < -0.4 is 19.7 Å². The highest BCUT2D eigenvalue weighted by Crippen LogP contribution is 2.36. The third-order valence-electron chi connectivity index (χ3n) is 4.26. The number of hydrogen-bond acceptors (Lipinski definition) is 8. The second-order valence-electron chi connectivity index (χ2n) is 6.39. The summed E-state index contributed by atoms with van der Waals surface area (Å²) >= 11 is 7.08. The van der Waals surface area contributed by atoms with Crippen LogP contribution >= 0.6 is 23.6 Å².